The van der Waals surface area contributed by atoms with E-state index in [2.05, 4.69) is 0 Å². The van der Waals surface area contributed by atoms with E-state index >= 15 is 0 Å². The molecule has 0 N–H and O–H groups in total. The van der Waals surface area contributed by atoms with Crippen molar-refractivity contribution < 1.29 is 14.0 Å². The van der Waals surface area contributed by atoms with Gasteiger partial charge in [-0.2, -0.15) is 0 Å². The summed E-state index contributed by atoms with van der Waals surface area (Å²) in [5, 5.41) is 0.954. The summed E-state index contributed by atoms with van der Waals surface area (Å²) in [6, 6.07) is 9.35. The number of rotatable bonds is 5. The molecule has 1 atom stereocenters. The predicted molar refractivity (Wildman–Crippen MR) is 127 cm³/mol. The van der Waals surface area contributed by atoms with Gasteiger partial charge in [-0.1, -0.05) is 18.2 Å². The van der Waals surface area contributed by atoms with Crippen molar-refractivity contribution in [2.45, 2.75) is 45.7 Å². The van der Waals surface area contributed by atoms with Crippen LogP contribution in [0.15, 0.2) is 34.7 Å². The summed E-state index contributed by atoms with van der Waals surface area (Å²) in [4.78, 5) is 40.4. The SMILES string of the molecule is CC(=O)N(C)Cc1cc(N(C)C)nc([C@@H]2CCCCN2C(=O)c2oc3ccccc3c2C)n1. The number of fused-ring (bicyclic) bond motifs is 1. The molecule has 3 heterocycles. The quantitative estimate of drug-likeness (QED) is 0.587. The first-order valence-electron chi connectivity index (χ1n) is 11.3. The van der Waals surface area contributed by atoms with E-state index in [1.54, 1.807) is 11.9 Å². The summed E-state index contributed by atoms with van der Waals surface area (Å²) in [7, 11) is 5.60. The zero-order valence-electron chi connectivity index (χ0n) is 20.0. The number of likely N-dealkylation sites (tertiary alicyclic amines) is 1. The molecular weight excluding hydrogens is 418 g/mol. The van der Waals surface area contributed by atoms with Crippen LogP contribution in [0.1, 0.15) is 59.9 Å². The molecule has 0 saturated carbocycles. The number of aryl methyl sites for hydroxylation is 1. The molecule has 174 valence electrons. The third kappa shape index (κ3) is 4.55. The average molecular weight is 450 g/mol. The fourth-order valence-corrected chi connectivity index (χ4v) is 4.27. The number of benzene rings is 1. The van der Waals surface area contributed by atoms with Crippen LogP contribution in [0.5, 0.6) is 0 Å². The number of carbonyl (C=O) groups is 2. The Labute approximate surface area is 194 Å². The van der Waals surface area contributed by atoms with Crippen molar-refractivity contribution in [3.05, 3.63) is 53.2 Å². The number of furan rings is 1. The zero-order valence-corrected chi connectivity index (χ0v) is 20.0. The van der Waals surface area contributed by atoms with Crippen molar-refractivity contribution in [3.63, 3.8) is 0 Å². The molecule has 8 nitrogen and oxygen atoms in total. The Kier molecular flexibility index (Phi) is 6.35. The van der Waals surface area contributed by atoms with E-state index < -0.39 is 0 Å². The van der Waals surface area contributed by atoms with Gasteiger partial charge in [0.2, 0.25) is 5.91 Å². The maximum Gasteiger partial charge on any atom is 0.290 e. The van der Waals surface area contributed by atoms with E-state index in [4.69, 9.17) is 14.4 Å². The first-order valence-corrected chi connectivity index (χ1v) is 11.3. The smallest absolute Gasteiger partial charge is 0.290 e. The summed E-state index contributed by atoms with van der Waals surface area (Å²) in [5.41, 5.74) is 2.32. The summed E-state index contributed by atoms with van der Waals surface area (Å²) in [5.74, 6) is 1.58. The maximum atomic E-state index is 13.7. The molecule has 1 aliphatic heterocycles. The van der Waals surface area contributed by atoms with Gasteiger partial charge in [-0.3, -0.25) is 9.59 Å². The zero-order chi connectivity index (χ0) is 23.7. The standard InChI is InChI=1S/C25H31N5O3/c1-16-19-10-6-7-12-21(19)33-23(16)25(32)30-13-9-8-11-20(30)24-26-18(15-29(5)17(2)31)14-22(27-24)28(3)4/h6-7,10,12,14,20H,8-9,11,13,15H2,1-5H3/t20-/m0/s1. The second-order valence-electron chi connectivity index (χ2n) is 8.91. The van der Waals surface area contributed by atoms with Gasteiger partial charge in [0, 0.05) is 51.6 Å². The van der Waals surface area contributed by atoms with E-state index in [0.717, 1.165) is 41.7 Å². The predicted octanol–water partition coefficient (Wildman–Crippen LogP) is 3.94. The van der Waals surface area contributed by atoms with Crippen LogP contribution in [-0.4, -0.2) is 59.3 Å². The highest BCUT2D eigenvalue weighted by Gasteiger charge is 2.34. The first-order chi connectivity index (χ1) is 15.8. The Morgan fingerprint density at radius 3 is 2.61 bits per heavy atom. The Morgan fingerprint density at radius 2 is 1.91 bits per heavy atom. The van der Waals surface area contributed by atoms with Crippen LogP contribution >= 0.6 is 0 Å². The van der Waals surface area contributed by atoms with Crippen LogP contribution < -0.4 is 4.90 Å². The molecule has 3 aromatic rings. The Bertz CT molecular complexity index is 1190. The van der Waals surface area contributed by atoms with Crippen LogP contribution in [0.3, 0.4) is 0 Å². The van der Waals surface area contributed by atoms with Gasteiger partial charge in [-0.25, -0.2) is 9.97 Å². The third-order valence-corrected chi connectivity index (χ3v) is 6.28. The minimum atomic E-state index is -0.250. The van der Waals surface area contributed by atoms with Gasteiger partial charge >= 0.3 is 0 Å². The van der Waals surface area contributed by atoms with Gasteiger partial charge in [-0.15, -0.1) is 0 Å². The molecule has 4 rings (SSSR count). The van der Waals surface area contributed by atoms with Crippen LogP contribution in [-0.2, 0) is 11.3 Å². The molecule has 1 fully saturated rings. The molecule has 0 radical (unpaired) electrons. The molecule has 0 unspecified atom stereocenters. The minimum absolute atomic E-state index is 0.0311. The van der Waals surface area contributed by atoms with Crippen molar-refractivity contribution in [2.75, 3.05) is 32.6 Å². The van der Waals surface area contributed by atoms with Crippen molar-refractivity contribution in [3.8, 4) is 0 Å². The molecule has 1 saturated heterocycles. The topological polar surface area (TPSA) is 82.8 Å². The molecule has 8 heteroatoms. The number of aromatic nitrogens is 2. The van der Waals surface area contributed by atoms with Gasteiger partial charge in [0.05, 0.1) is 18.3 Å². The van der Waals surface area contributed by atoms with Gasteiger partial charge in [0.15, 0.2) is 11.6 Å². The number of amides is 2. The second-order valence-corrected chi connectivity index (χ2v) is 8.91. The van der Waals surface area contributed by atoms with E-state index in [0.29, 0.717) is 30.3 Å². The number of hydrogen-bond donors (Lipinski definition) is 0. The lowest BCUT2D eigenvalue weighted by Gasteiger charge is -2.35. The maximum absolute atomic E-state index is 13.7. The molecule has 2 aromatic heterocycles. The molecular formula is C25H31N5O3. The lowest BCUT2D eigenvalue weighted by molar-refractivity contribution is -0.128. The Hall–Kier alpha value is -3.42. The Balaban J connectivity index is 1.71. The molecule has 1 aliphatic rings. The number of hydrogen-bond acceptors (Lipinski definition) is 6. The van der Waals surface area contributed by atoms with Gasteiger partial charge in [0.25, 0.3) is 5.91 Å². The largest absolute Gasteiger partial charge is 0.451 e. The van der Waals surface area contributed by atoms with Gasteiger partial charge in [0.1, 0.15) is 11.4 Å². The van der Waals surface area contributed by atoms with Crippen molar-refractivity contribution in [2.24, 2.45) is 0 Å². The summed E-state index contributed by atoms with van der Waals surface area (Å²) in [6.45, 7) is 4.47. The number of para-hydroxylation sites is 1. The highest BCUT2D eigenvalue weighted by atomic mass is 16.3. The Morgan fingerprint density at radius 1 is 1.15 bits per heavy atom. The molecule has 0 bridgehead atoms. The summed E-state index contributed by atoms with van der Waals surface area (Å²) >= 11 is 0. The number of anilines is 1. The van der Waals surface area contributed by atoms with E-state index in [-0.39, 0.29) is 17.9 Å². The van der Waals surface area contributed by atoms with Crippen molar-refractivity contribution in [1.29, 1.82) is 0 Å². The number of piperidine rings is 1. The summed E-state index contributed by atoms with van der Waals surface area (Å²) in [6.07, 6.45) is 2.70. The number of carbonyl (C=O) groups excluding carboxylic acids is 2. The molecule has 0 aliphatic carbocycles. The van der Waals surface area contributed by atoms with E-state index in [1.165, 1.54) is 6.92 Å². The molecule has 2 amide bonds. The fraction of sp³-hybridized carbons (Fsp3) is 0.440. The lowest BCUT2D eigenvalue weighted by Crippen LogP contribution is -2.39. The second kappa shape index (κ2) is 9.21. The highest BCUT2D eigenvalue weighted by molar-refractivity contribution is 5.99. The van der Waals surface area contributed by atoms with Crippen LogP contribution in [0.4, 0.5) is 5.82 Å². The van der Waals surface area contributed by atoms with Crippen LogP contribution in [0, 0.1) is 6.92 Å². The van der Waals surface area contributed by atoms with E-state index in [9.17, 15) is 9.59 Å². The molecule has 0 spiro atoms. The fourth-order valence-electron chi connectivity index (χ4n) is 4.27. The van der Waals surface area contributed by atoms with Crippen LogP contribution in [0.25, 0.3) is 11.0 Å². The van der Waals surface area contributed by atoms with Crippen molar-refractivity contribution >= 4 is 28.6 Å². The third-order valence-electron chi connectivity index (χ3n) is 6.28. The lowest BCUT2D eigenvalue weighted by atomic mass is 10.00. The van der Waals surface area contributed by atoms with Gasteiger partial charge < -0.3 is 19.1 Å². The number of nitrogens with zero attached hydrogens (tertiary/aromatic N) is 5. The average Bonchev–Trinajstić information content (AvgIpc) is 3.15. The molecule has 1 aromatic carbocycles. The van der Waals surface area contributed by atoms with Gasteiger partial charge in [-0.05, 0) is 32.3 Å². The minimum Gasteiger partial charge on any atom is -0.451 e. The van der Waals surface area contributed by atoms with Crippen molar-refractivity contribution in [1.82, 2.24) is 19.8 Å². The molecule has 33 heavy (non-hydrogen) atoms. The first kappa shape index (κ1) is 22.8. The van der Waals surface area contributed by atoms with Crippen LogP contribution in [0.2, 0.25) is 0 Å². The van der Waals surface area contributed by atoms with E-state index in [1.807, 2.05) is 61.2 Å². The summed E-state index contributed by atoms with van der Waals surface area (Å²) < 4.78 is 5.98. The highest BCUT2D eigenvalue weighted by Crippen LogP contribution is 2.34. The normalized spacial score (nSPS) is 16.2. The monoisotopic (exact) mass is 449 g/mol.